The van der Waals surface area contributed by atoms with E-state index in [0.29, 0.717) is 61.3 Å². The summed E-state index contributed by atoms with van der Waals surface area (Å²) in [6, 6.07) is 0. The van der Waals surface area contributed by atoms with Gasteiger partial charge in [-0.3, -0.25) is 9.59 Å². The number of hydrogen-bond acceptors (Lipinski definition) is 5. The number of carbonyl (C=O) groups excluding carboxylic acids is 2. The molecule has 1 unspecified atom stereocenters. The molecular weight excluding hydrogens is 442 g/mol. The molecule has 4 aliphatic carbocycles. The van der Waals surface area contributed by atoms with Crippen LogP contribution in [0.5, 0.6) is 0 Å². The average molecular weight is 492 g/mol. The first-order valence-electron chi connectivity index (χ1n) is 14.3. The van der Waals surface area contributed by atoms with E-state index in [1.54, 1.807) is 0 Å². The number of carbonyl (C=O) groups is 2. The first kappa shape index (κ1) is 26.9. The quantitative estimate of drug-likeness (QED) is 0.344. The molecule has 1 amide bonds. The number of ether oxygens (including phenoxy) is 1. The van der Waals surface area contributed by atoms with Gasteiger partial charge < -0.3 is 20.3 Å². The van der Waals surface area contributed by atoms with Crippen molar-refractivity contribution in [3.63, 3.8) is 0 Å². The summed E-state index contributed by atoms with van der Waals surface area (Å²) < 4.78 is 4.64. The molecule has 10 atom stereocenters. The van der Waals surface area contributed by atoms with Crippen LogP contribution in [0, 0.1) is 46.3 Å². The van der Waals surface area contributed by atoms with Gasteiger partial charge in [-0.25, -0.2) is 0 Å². The molecule has 4 aliphatic rings. The van der Waals surface area contributed by atoms with Gasteiger partial charge in [-0.05, 0) is 111 Å². The van der Waals surface area contributed by atoms with Crippen LogP contribution in [-0.4, -0.2) is 48.0 Å². The topological polar surface area (TPSA) is 95.9 Å². The van der Waals surface area contributed by atoms with Gasteiger partial charge in [0.25, 0.3) is 0 Å². The molecule has 3 N–H and O–H groups in total. The fraction of sp³-hybridized carbons (Fsp3) is 0.931. The van der Waals surface area contributed by atoms with Crippen molar-refractivity contribution >= 4 is 11.9 Å². The van der Waals surface area contributed by atoms with Crippen molar-refractivity contribution in [2.45, 2.75) is 110 Å². The molecule has 4 rings (SSSR count). The van der Waals surface area contributed by atoms with E-state index in [1.807, 2.05) is 0 Å². The second-order valence-corrected chi connectivity index (χ2v) is 13.0. The van der Waals surface area contributed by atoms with Crippen molar-refractivity contribution in [3.05, 3.63) is 0 Å². The molecule has 4 fully saturated rings. The summed E-state index contributed by atoms with van der Waals surface area (Å²) in [5.74, 6) is 2.91. The van der Waals surface area contributed by atoms with Gasteiger partial charge in [0.15, 0.2) is 0 Å². The Morgan fingerprint density at radius 3 is 2.46 bits per heavy atom. The highest BCUT2D eigenvalue weighted by Gasteiger charge is 2.62. The Bertz CT molecular complexity index is 772. The Morgan fingerprint density at radius 2 is 1.71 bits per heavy atom. The van der Waals surface area contributed by atoms with E-state index >= 15 is 0 Å². The molecule has 6 nitrogen and oxygen atoms in total. The normalized spacial score (nSPS) is 43.4. The Hall–Kier alpha value is -1.14. The van der Waals surface area contributed by atoms with Crippen LogP contribution in [0.25, 0.3) is 0 Å². The lowest BCUT2D eigenvalue weighted by atomic mass is 9.43. The number of methoxy groups -OCH3 is 1. The fourth-order valence-corrected chi connectivity index (χ4v) is 9.39. The van der Waals surface area contributed by atoms with Crippen molar-refractivity contribution < 1.29 is 24.5 Å². The van der Waals surface area contributed by atoms with Gasteiger partial charge >= 0.3 is 5.97 Å². The molecule has 35 heavy (non-hydrogen) atoms. The number of amides is 1. The molecule has 0 spiro atoms. The predicted octanol–water partition coefficient (Wildman–Crippen LogP) is 4.46. The van der Waals surface area contributed by atoms with Crippen molar-refractivity contribution in [2.24, 2.45) is 46.3 Å². The molecule has 4 saturated carbocycles. The van der Waals surface area contributed by atoms with Gasteiger partial charge in [0.1, 0.15) is 0 Å². The molecule has 0 bridgehead atoms. The van der Waals surface area contributed by atoms with E-state index in [2.05, 4.69) is 30.8 Å². The van der Waals surface area contributed by atoms with Gasteiger partial charge in [0.2, 0.25) is 5.91 Å². The molecule has 0 aromatic carbocycles. The zero-order valence-electron chi connectivity index (χ0n) is 22.4. The zero-order valence-corrected chi connectivity index (χ0v) is 22.4. The molecule has 0 saturated heterocycles. The Balaban J connectivity index is 1.34. The van der Waals surface area contributed by atoms with Crippen LogP contribution in [-0.2, 0) is 14.3 Å². The SMILES string of the molecule is COC(=O)CCCNC(=O)CC[C@@H](C)[C@H]1CC[C@H]2[C@@H]3C(O)C[C@@H]4C[C@H](O)CC[C@]4(C)[C@H]3CC[C@]12C. The molecule has 0 aromatic rings. The van der Waals surface area contributed by atoms with Crippen LogP contribution in [0.4, 0.5) is 0 Å². The van der Waals surface area contributed by atoms with Crippen LogP contribution in [0.2, 0.25) is 0 Å². The largest absolute Gasteiger partial charge is 0.469 e. The lowest BCUT2D eigenvalue weighted by Crippen LogP contribution is -2.58. The predicted molar refractivity (Wildman–Crippen MR) is 135 cm³/mol. The zero-order chi connectivity index (χ0) is 25.4. The van der Waals surface area contributed by atoms with Crippen LogP contribution in [0.15, 0.2) is 0 Å². The molecule has 200 valence electrons. The highest BCUT2D eigenvalue weighted by Crippen LogP contribution is 2.68. The minimum absolute atomic E-state index is 0.0753. The number of fused-ring (bicyclic) bond motifs is 5. The second-order valence-electron chi connectivity index (χ2n) is 13.0. The van der Waals surface area contributed by atoms with Crippen molar-refractivity contribution in [1.82, 2.24) is 5.32 Å². The number of rotatable bonds is 8. The summed E-state index contributed by atoms with van der Waals surface area (Å²) in [5.41, 5.74) is 0.510. The number of aliphatic hydroxyl groups is 2. The standard InChI is InChI=1S/C29H49NO5/c1-18(7-10-25(33)30-15-5-6-26(34)35-4)21-8-9-22-27-23(12-14-29(21,22)3)28(2)13-11-20(31)16-19(28)17-24(27)32/h18-24,27,31-32H,5-17H2,1-4H3,(H,30,33)/t18-,19+,20-,21-,22+,23+,24?,27+,28+,29-/m1/s1. The van der Waals surface area contributed by atoms with Crippen molar-refractivity contribution in [2.75, 3.05) is 13.7 Å². The maximum Gasteiger partial charge on any atom is 0.305 e. The van der Waals surface area contributed by atoms with E-state index in [-0.39, 0.29) is 34.9 Å². The molecule has 0 radical (unpaired) electrons. The summed E-state index contributed by atoms with van der Waals surface area (Å²) in [4.78, 5) is 23.6. The van der Waals surface area contributed by atoms with Crippen LogP contribution < -0.4 is 5.32 Å². The molecule has 0 aromatic heterocycles. The smallest absolute Gasteiger partial charge is 0.305 e. The first-order valence-corrected chi connectivity index (χ1v) is 14.3. The summed E-state index contributed by atoms with van der Waals surface area (Å²) >= 11 is 0. The number of hydrogen-bond donors (Lipinski definition) is 3. The van der Waals surface area contributed by atoms with Crippen molar-refractivity contribution in [1.29, 1.82) is 0 Å². The van der Waals surface area contributed by atoms with Crippen LogP contribution in [0.3, 0.4) is 0 Å². The molecule has 0 aliphatic heterocycles. The van der Waals surface area contributed by atoms with Gasteiger partial charge in [0, 0.05) is 19.4 Å². The summed E-state index contributed by atoms with van der Waals surface area (Å²) in [6.07, 6.45) is 10.5. The fourth-order valence-electron chi connectivity index (χ4n) is 9.39. The lowest BCUT2D eigenvalue weighted by molar-refractivity contribution is -0.174. The van der Waals surface area contributed by atoms with E-state index in [1.165, 1.54) is 32.8 Å². The molecule has 6 heteroatoms. The molecular formula is C29H49NO5. The van der Waals surface area contributed by atoms with E-state index in [0.717, 1.165) is 32.1 Å². The monoisotopic (exact) mass is 491 g/mol. The summed E-state index contributed by atoms with van der Waals surface area (Å²) in [5, 5.41) is 24.6. The number of aliphatic hydroxyl groups excluding tert-OH is 2. The van der Waals surface area contributed by atoms with Gasteiger partial charge in [-0.1, -0.05) is 20.8 Å². The van der Waals surface area contributed by atoms with E-state index in [4.69, 9.17) is 0 Å². The average Bonchev–Trinajstić information content (AvgIpc) is 3.18. The highest BCUT2D eigenvalue weighted by molar-refractivity contribution is 5.76. The third kappa shape index (κ3) is 5.16. The lowest BCUT2D eigenvalue weighted by Gasteiger charge is -2.62. The Morgan fingerprint density at radius 1 is 1.00 bits per heavy atom. The summed E-state index contributed by atoms with van der Waals surface area (Å²) in [6.45, 7) is 7.80. The first-order chi connectivity index (χ1) is 16.6. The Labute approximate surface area is 212 Å². The van der Waals surface area contributed by atoms with E-state index in [9.17, 15) is 19.8 Å². The minimum Gasteiger partial charge on any atom is -0.469 e. The number of esters is 1. The highest BCUT2D eigenvalue weighted by atomic mass is 16.5. The van der Waals surface area contributed by atoms with Crippen LogP contribution in [0.1, 0.15) is 97.8 Å². The van der Waals surface area contributed by atoms with E-state index < -0.39 is 0 Å². The second kappa shape index (κ2) is 10.7. The van der Waals surface area contributed by atoms with Crippen molar-refractivity contribution in [3.8, 4) is 0 Å². The third-order valence-electron chi connectivity index (χ3n) is 11.3. The Kier molecular flexibility index (Phi) is 8.22. The van der Waals surface area contributed by atoms with Gasteiger partial charge in [-0.2, -0.15) is 0 Å². The van der Waals surface area contributed by atoms with Crippen LogP contribution >= 0.6 is 0 Å². The molecule has 0 heterocycles. The van der Waals surface area contributed by atoms with Gasteiger partial charge in [0.05, 0.1) is 19.3 Å². The summed E-state index contributed by atoms with van der Waals surface area (Å²) in [7, 11) is 1.39. The number of nitrogens with one attached hydrogen (secondary N) is 1. The maximum atomic E-state index is 12.4. The maximum absolute atomic E-state index is 12.4. The van der Waals surface area contributed by atoms with Gasteiger partial charge in [-0.15, -0.1) is 0 Å². The minimum atomic E-state index is -0.238. The third-order valence-corrected chi connectivity index (χ3v) is 11.3.